The standard InChI is InChI=1S/C16H20ClN/c1-4-5-10-18-11-12(2)16(13(18)3)14-6-8-15(17)9-7-14/h6-9,11H,4-5,10H2,1-3H3. The van der Waals surface area contributed by atoms with E-state index >= 15 is 0 Å². The molecule has 0 spiro atoms. The Morgan fingerprint density at radius 3 is 2.39 bits per heavy atom. The number of aromatic nitrogens is 1. The van der Waals surface area contributed by atoms with E-state index in [4.69, 9.17) is 11.6 Å². The van der Waals surface area contributed by atoms with Crippen LogP contribution in [0.25, 0.3) is 11.1 Å². The van der Waals surface area contributed by atoms with Crippen LogP contribution in [0.4, 0.5) is 0 Å². The van der Waals surface area contributed by atoms with Crippen molar-refractivity contribution in [3.8, 4) is 11.1 Å². The van der Waals surface area contributed by atoms with Crippen LogP contribution < -0.4 is 0 Å². The van der Waals surface area contributed by atoms with Gasteiger partial charge in [-0.3, -0.25) is 0 Å². The molecule has 0 aliphatic rings. The second-order valence-electron chi connectivity index (χ2n) is 4.83. The number of unbranched alkanes of at least 4 members (excludes halogenated alkanes) is 1. The minimum atomic E-state index is 0.791. The third-order valence-corrected chi connectivity index (χ3v) is 3.67. The summed E-state index contributed by atoms with van der Waals surface area (Å²) in [5.41, 5.74) is 5.29. The molecule has 0 amide bonds. The van der Waals surface area contributed by atoms with E-state index in [1.807, 2.05) is 12.1 Å². The average molecular weight is 262 g/mol. The third-order valence-electron chi connectivity index (χ3n) is 3.42. The van der Waals surface area contributed by atoms with Crippen LogP contribution in [0.2, 0.25) is 5.02 Å². The largest absolute Gasteiger partial charge is 0.351 e. The van der Waals surface area contributed by atoms with Gasteiger partial charge in [-0.05, 0) is 43.5 Å². The fraction of sp³-hybridized carbons (Fsp3) is 0.375. The summed E-state index contributed by atoms with van der Waals surface area (Å²) >= 11 is 5.95. The van der Waals surface area contributed by atoms with Gasteiger partial charge in [0.25, 0.3) is 0 Å². The second kappa shape index (κ2) is 5.62. The Kier molecular flexibility index (Phi) is 4.13. The molecule has 2 heteroatoms. The first-order valence-corrected chi connectivity index (χ1v) is 6.93. The van der Waals surface area contributed by atoms with Crippen molar-refractivity contribution in [3.63, 3.8) is 0 Å². The SMILES string of the molecule is CCCCn1cc(C)c(-c2ccc(Cl)cc2)c1C. The van der Waals surface area contributed by atoms with E-state index in [1.165, 1.54) is 35.2 Å². The van der Waals surface area contributed by atoms with E-state index in [-0.39, 0.29) is 0 Å². The maximum atomic E-state index is 5.95. The highest BCUT2D eigenvalue weighted by molar-refractivity contribution is 6.30. The first-order valence-electron chi connectivity index (χ1n) is 6.55. The van der Waals surface area contributed by atoms with Crippen molar-refractivity contribution in [1.29, 1.82) is 0 Å². The molecular formula is C16H20ClN. The predicted molar refractivity (Wildman–Crippen MR) is 79.3 cm³/mol. The van der Waals surface area contributed by atoms with E-state index in [2.05, 4.69) is 43.7 Å². The third kappa shape index (κ3) is 2.62. The Bertz CT molecular complexity index is 523. The minimum absolute atomic E-state index is 0.791. The molecule has 0 aliphatic heterocycles. The van der Waals surface area contributed by atoms with Crippen LogP contribution in [-0.4, -0.2) is 4.57 Å². The van der Waals surface area contributed by atoms with Crippen molar-refractivity contribution in [2.75, 3.05) is 0 Å². The summed E-state index contributed by atoms with van der Waals surface area (Å²) in [6.45, 7) is 7.72. The van der Waals surface area contributed by atoms with Gasteiger partial charge in [0.2, 0.25) is 0 Å². The maximum Gasteiger partial charge on any atom is 0.0406 e. The Balaban J connectivity index is 2.38. The molecule has 1 aromatic carbocycles. The molecule has 1 aromatic heterocycles. The molecule has 96 valence electrons. The van der Waals surface area contributed by atoms with Crippen molar-refractivity contribution in [2.45, 2.75) is 40.2 Å². The Labute approximate surface area is 114 Å². The van der Waals surface area contributed by atoms with Gasteiger partial charge in [-0.25, -0.2) is 0 Å². The molecule has 0 unspecified atom stereocenters. The number of hydrogen-bond donors (Lipinski definition) is 0. The van der Waals surface area contributed by atoms with Crippen LogP contribution >= 0.6 is 11.6 Å². The van der Waals surface area contributed by atoms with E-state index in [0.717, 1.165) is 11.6 Å². The minimum Gasteiger partial charge on any atom is -0.351 e. The van der Waals surface area contributed by atoms with E-state index in [1.54, 1.807) is 0 Å². The van der Waals surface area contributed by atoms with Gasteiger partial charge >= 0.3 is 0 Å². The van der Waals surface area contributed by atoms with Crippen LogP contribution in [0.1, 0.15) is 31.0 Å². The average Bonchev–Trinajstić information content (AvgIpc) is 2.63. The summed E-state index contributed by atoms with van der Waals surface area (Å²) in [7, 11) is 0. The molecule has 0 saturated heterocycles. The molecule has 0 radical (unpaired) electrons. The molecular weight excluding hydrogens is 242 g/mol. The summed E-state index contributed by atoms with van der Waals surface area (Å²) < 4.78 is 2.36. The molecule has 1 heterocycles. The Morgan fingerprint density at radius 1 is 1.11 bits per heavy atom. The van der Waals surface area contributed by atoms with Crippen molar-refractivity contribution in [3.05, 3.63) is 46.7 Å². The number of rotatable bonds is 4. The zero-order valence-corrected chi connectivity index (χ0v) is 12.1. The summed E-state index contributed by atoms with van der Waals surface area (Å²) in [6, 6.07) is 8.11. The van der Waals surface area contributed by atoms with Crippen molar-refractivity contribution in [2.24, 2.45) is 0 Å². The first-order chi connectivity index (χ1) is 8.63. The van der Waals surface area contributed by atoms with Gasteiger partial charge in [-0.15, -0.1) is 0 Å². The molecule has 1 nitrogen and oxygen atoms in total. The number of nitrogens with zero attached hydrogens (tertiary/aromatic N) is 1. The molecule has 0 N–H and O–H groups in total. The number of hydrogen-bond acceptors (Lipinski definition) is 0. The van der Waals surface area contributed by atoms with Gasteiger partial charge in [0.1, 0.15) is 0 Å². The molecule has 0 saturated carbocycles. The highest BCUT2D eigenvalue weighted by Crippen LogP contribution is 2.29. The maximum absolute atomic E-state index is 5.95. The second-order valence-corrected chi connectivity index (χ2v) is 5.26. The Hall–Kier alpha value is -1.21. The van der Waals surface area contributed by atoms with Crippen LogP contribution in [-0.2, 0) is 6.54 Å². The first kappa shape index (κ1) is 13.2. The lowest BCUT2D eigenvalue weighted by atomic mass is 10.0. The van der Waals surface area contributed by atoms with Gasteiger partial charge in [0.05, 0.1) is 0 Å². The number of benzene rings is 1. The lowest BCUT2D eigenvalue weighted by Gasteiger charge is -2.07. The van der Waals surface area contributed by atoms with Gasteiger partial charge in [0.15, 0.2) is 0 Å². The summed E-state index contributed by atoms with van der Waals surface area (Å²) in [5.74, 6) is 0. The van der Waals surface area contributed by atoms with Crippen molar-refractivity contribution in [1.82, 2.24) is 4.57 Å². The smallest absolute Gasteiger partial charge is 0.0406 e. The lowest BCUT2D eigenvalue weighted by Crippen LogP contribution is -1.98. The number of halogens is 1. The molecule has 2 aromatic rings. The van der Waals surface area contributed by atoms with Crippen molar-refractivity contribution >= 4 is 11.6 Å². The van der Waals surface area contributed by atoms with Crippen LogP contribution in [0.15, 0.2) is 30.5 Å². The fourth-order valence-corrected chi connectivity index (χ4v) is 2.56. The van der Waals surface area contributed by atoms with E-state index in [9.17, 15) is 0 Å². The molecule has 2 rings (SSSR count). The van der Waals surface area contributed by atoms with Gasteiger partial charge in [0, 0.05) is 29.0 Å². The van der Waals surface area contributed by atoms with Crippen molar-refractivity contribution < 1.29 is 0 Å². The van der Waals surface area contributed by atoms with Gasteiger partial charge in [-0.1, -0.05) is 37.1 Å². The Morgan fingerprint density at radius 2 is 1.78 bits per heavy atom. The number of aryl methyl sites for hydroxylation is 2. The molecule has 0 fully saturated rings. The zero-order chi connectivity index (χ0) is 13.1. The van der Waals surface area contributed by atoms with Crippen LogP contribution in [0, 0.1) is 13.8 Å². The highest BCUT2D eigenvalue weighted by atomic mass is 35.5. The molecule has 0 bridgehead atoms. The van der Waals surface area contributed by atoms with Gasteiger partial charge < -0.3 is 4.57 Å². The monoisotopic (exact) mass is 261 g/mol. The fourth-order valence-electron chi connectivity index (χ4n) is 2.44. The highest BCUT2D eigenvalue weighted by Gasteiger charge is 2.11. The van der Waals surface area contributed by atoms with Crippen LogP contribution in [0.5, 0.6) is 0 Å². The summed E-state index contributed by atoms with van der Waals surface area (Å²) in [6.07, 6.45) is 4.72. The molecule has 0 atom stereocenters. The molecule has 18 heavy (non-hydrogen) atoms. The van der Waals surface area contributed by atoms with Gasteiger partial charge in [-0.2, -0.15) is 0 Å². The lowest BCUT2D eigenvalue weighted by molar-refractivity contribution is 0.622. The normalized spacial score (nSPS) is 10.9. The van der Waals surface area contributed by atoms with E-state index in [0.29, 0.717) is 0 Å². The predicted octanol–water partition coefficient (Wildman–Crippen LogP) is 5.23. The quantitative estimate of drug-likeness (QED) is 0.711. The zero-order valence-electron chi connectivity index (χ0n) is 11.3. The topological polar surface area (TPSA) is 4.93 Å². The van der Waals surface area contributed by atoms with E-state index < -0.39 is 0 Å². The summed E-state index contributed by atoms with van der Waals surface area (Å²) in [5, 5.41) is 0.791. The van der Waals surface area contributed by atoms with Crippen LogP contribution in [0.3, 0.4) is 0 Å². The molecule has 0 aliphatic carbocycles. The summed E-state index contributed by atoms with van der Waals surface area (Å²) in [4.78, 5) is 0.